The molecule has 1 aromatic carbocycles. The smallest absolute Gasteiger partial charge is 0.124 e. The lowest BCUT2D eigenvalue weighted by Crippen LogP contribution is -2.04. The molecule has 2 nitrogen and oxygen atoms in total. The molecule has 1 saturated carbocycles. The second kappa shape index (κ2) is 7.32. The minimum atomic E-state index is 0.192. The molecule has 19 heavy (non-hydrogen) atoms. The predicted molar refractivity (Wildman–Crippen MR) is 80.7 cm³/mol. The fraction of sp³-hybridized carbons (Fsp3) is 0.588. The molecule has 1 aliphatic rings. The van der Waals surface area contributed by atoms with Gasteiger partial charge in [0, 0.05) is 0 Å². The summed E-state index contributed by atoms with van der Waals surface area (Å²) in [5.74, 6) is 0.774. The van der Waals surface area contributed by atoms with E-state index in [9.17, 15) is 0 Å². The number of hydrogen-bond acceptors (Lipinski definition) is 2. The van der Waals surface area contributed by atoms with Crippen molar-refractivity contribution in [2.24, 2.45) is 5.16 Å². The number of oxime groups is 1. The van der Waals surface area contributed by atoms with Crippen molar-refractivity contribution in [3.63, 3.8) is 0 Å². The quantitative estimate of drug-likeness (QED) is 0.545. The molecular formula is C17H25NO. The van der Waals surface area contributed by atoms with Gasteiger partial charge < -0.3 is 4.84 Å². The summed E-state index contributed by atoms with van der Waals surface area (Å²) in [5, 5.41) is 4.03. The Labute approximate surface area is 116 Å². The fourth-order valence-corrected chi connectivity index (χ4v) is 2.56. The molecule has 0 aromatic heterocycles. The Morgan fingerprint density at radius 1 is 1.21 bits per heavy atom. The van der Waals surface area contributed by atoms with Gasteiger partial charge in [0.15, 0.2) is 0 Å². The number of nitrogens with zero attached hydrogens (tertiary/aromatic N) is 1. The highest BCUT2D eigenvalue weighted by Crippen LogP contribution is 2.32. The summed E-state index contributed by atoms with van der Waals surface area (Å²) in [4.78, 5) is 5.31. The second-order valence-corrected chi connectivity index (χ2v) is 5.56. The van der Waals surface area contributed by atoms with Crippen LogP contribution in [0.15, 0.2) is 29.4 Å². The molecule has 0 amide bonds. The molecule has 0 radical (unpaired) electrons. The van der Waals surface area contributed by atoms with Crippen LogP contribution in [0.2, 0.25) is 0 Å². The first-order chi connectivity index (χ1) is 9.29. The monoisotopic (exact) mass is 259 g/mol. The van der Waals surface area contributed by atoms with Gasteiger partial charge in [-0.2, -0.15) is 0 Å². The third-order valence-corrected chi connectivity index (χ3v) is 4.03. The van der Waals surface area contributed by atoms with Crippen LogP contribution in [0.3, 0.4) is 0 Å². The largest absolute Gasteiger partial charge is 0.393 e. The summed E-state index contributed by atoms with van der Waals surface area (Å²) in [6.07, 6.45) is 9.86. The average molecular weight is 259 g/mol. The third-order valence-electron chi connectivity index (χ3n) is 4.03. The summed E-state index contributed by atoms with van der Waals surface area (Å²) in [6, 6.07) is 8.79. The molecule has 1 aromatic rings. The zero-order chi connectivity index (χ0) is 13.5. The van der Waals surface area contributed by atoms with E-state index < -0.39 is 0 Å². The van der Waals surface area contributed by atoms with Crippen molar-refractivity contribution in [1.29, 1.82) is 0 Å². The van der Waals surface area contributed by atoms with Gasteiger partial charge in [-0.25, -0.2) is 0 Å². The van der Waals surface area contributed by atoms with E-state index >= 15 is 0 Å². The maximum Gasteiger partial charge on any atom is 0.124 e. The van der Waals surface area contributed by atoms with Gasteiger partial charge in [-0.15, -0.1) is 0 Å². The fourth-order valence-electron chi connectivity index (χ4n) is 2.56. The molecule has 1 fully saturated rings. The number of benzene rings is 1. The van der Waals surface area contributed by atoms with E-state index in [4.69, 9.17) is 4.84 Å². The van der Waals surface area contributed by atoms with Gasteiger partial charge in [-0.3, -0.25) is 0 Å². The molecule has 0 spiro atoms. The Morgan fingerprint density at radius 3 is 2.53 bits per heavy atom. The first-order valence-electron chi connectivity index (χ1n) is 7.58. The standard InChI is InChI=1S/C17H25NO/c1-3-14(2)19-18-13-15-9-11-17(12-10-15)16-7-5-4-6-8-16/h9-14,16H,3-8H2,1-2H3. The third kappa shape index (κ3) is 4.38. The van der Waals surface area contributed by atoms with Gasteiger partial charge in [0.2, 0.25) is 0 Å². The van der Waals surface area contributed by atoms with Crippen molar-refractivity contribution >= 4 is 6.21 Å². The van der Waals surface area contributed by atoms with Crippen LogP contribution in [0, 0.1) is 0 Å². The van der Waals surface area contributed by atoms with E-state index in [0.717, 1.165) is 17.9 Å². The molecule has 2 heteroatoms. The first kappa shape index (κ1) is 14.1. The minimum absolute atomic E-state index is 0.192. The summed E-state index contributed by atoms with van der Waals surface area (Å²) < 4.78 is 0. The molecule has 104 valence electrons. The van der Waals surface area contributed by atoms with Gasteiger partial charge in [0.05, 0.1) is 6.21 Å². The zero-order valence-corrected chi connectivity index (χ0v) is 12.1. The number of hydrogen-bond donors (Lipinski definition) is 0. The van der Waals surface area contributed by atoms with E-state index in [2.05, 4.69) is 36.3 Å². The molecule has 2 rings (SSSR count). The van der Waals surface area contributed by atoms with Crippen LogP contribution < -0.4 is 0 Å². The zero-order valence-electron chi connectivity index (χ0n) is 12.1. The van der Waals surface area contributed by atoms with Crippen molar-refractivity contribution in [2.45, 2.75) is 64.4 Å². The second-order valence-electron chi connectivity index (χ2n) is 5.56. The van der Waals surface area contributed by atoms with Crippen LogP contribution in [0.4, 0.5) is 0 Å². The van der Waals surface area contributed by atoms with E-state index in [1.54, 1.807) is 6.21 Å². The Hall–Kier alpha value is -1.31. The Morgan fingerprint density at radius 2 is 1.89 bits per heavy atom. The molecule has 0 heterocycles. The Bertz CT molecular complexity index is 390. The lowest BCUT2D eigenvalue weighted by Gasteiger charge is -2.21. The summed E-state index contributed by atoms with van der Waals surface area (Å²) >= 11 is 0. The van der Waals surface area contributed by atoms with Gasteiger partial charge in [-0.05, 0) is 43.2 Å². The highest BCUT2D eigenvalue weighted by Gasteiger charge is 2.14. The van der Waals surface area contributed by atoms with Crippen LogP contribution in [-0.4, -0.2) is 12.3 Å². The van der Waals surface area contributed by atoms with Crippen molar-refractivity contribution in [1.82, 2.24) is 0 Å². The molecular weight excluding hydrogens is 234 g/mol. The maximum atomic E-state index is 5.31. The summed E-state index contributed by atoms with van der Waals surface area (Å²) in [5.41, 5.74) is 2.60. The van der Waals surface area contributed by atoms with E-state index in [-0.39, 0.29) is 6.10 Å². The Balaban J connectivity index is 1.90. The molecule has 0 aliphatic heterocycles. The predicted octanol–water partition coefficient (Wildman–Crippen LogP) is 4.88. The van der Waals surface area contributed by atoms with Crippen molar-refractivity contribution < 1.29 is 4.84 Å². The minimum Gasteiger partial charge on any atom is -0.393 e. The number of rotatable bonds is 5. The summed E-state index contributed by atoms with van der Waals surface area (Å²) in [7, 11) is 0. The average Bonchev–Trinajstić information content (AvgIpc) is 2.48. The van der Waals surface area contributed by atoms with Crippen molar-refractivity contribution in [3.05, 3.63) is 35.4 Å². The first-order valence-corrected chi connectivity index (χ1v) is 7.58. The van der Waals surface area contributed by atoms with E-state index in [0.29, 0.717) is 0 Å². The van der Waals surface area contributed by atoms with Gasteiger partial charge in [-0.1, -0.05) is 55.6 Å². The lowest BCUT2D eigenvalue weighted by atomic mass is 9.84. The van der Waals surface area contributed by atoms with Gasteiger partial charge in [0.25, 0.3) is 0 Å². The molecule has 0 saturated heterocycles. The van der Waals surface area contributed by atoms with E-state index in [1.807, 2.05) is 6.92 Å². The van der Waals surface area contributed by atoms with Crippen LogP contribution in [0.25, 0.3) is 0 Å². The highest BCUT2D eigenvalue weighted by molar-refractivity contribution is 5.79. The molecule has 0 bridgehead atoms. The van der Waals surface area contributed by atoms with Crippen molar-refractivity contribution in [3.8, 4) is 0 Å². The van der Waals surface area contributed by atoms with Crippen LogP contribution >= 0.6 is 0 Å². The molecule has 0 N–H and O–H groups in total. The molecule has 1 aliphatic carbocycles. The van der Waals surface area contributed by atoms with Crippen LogP contribution in [-0.2, 0) is 4.84 Å². The van der Waals surface area contributed by atoms with E-state index in [1.165, 1.54) is 37.7 Å². The van der Waals surface area contributed by atoms with Crippen LogP contribution in [0.1, 0.15) is 69.4 Å². The summed E-state index contributed by atoms with van der Waals surface area (Å²) in [6.45, 7) is 4.13. The lowest BCUT2D eigenvalue weighted by molar-refractivity contribution is 0.0712. The molecule has 1 unspecified atom stereocenters. The SMILES string of the molecule is CCC(C)ON=Cc1ccc(C2CCCCC2)cc1. The van der Waals surface area contributed by atoms with Gasteiger partial charge >= 0.3 is 0 Å². The Kier molecular flexibility index (Phi) is 5.44. The highest BCUT2D eigenvalue weighted by atomic mass is 16.6. The van der Waals surface area contributed by atoms with Crippen molar-refractivity contribution in [2.75, 3.05) is 0 Å². The molecule has 1 atom stereocenters. The normalized spacial score (nSPS) is 18.6. The van der Waals surface area contributed by atoms with Gasteiger partial charge in [0.1, 0.15) is 6.10 Å². The van der Waals surface area contributed by atoms with Crippen LogP contribution in [0.5, 0.6) is 0 Å². The topological polar surface area (TPSA) is 21.6 Å². The maximum absolute atomic E-state index is 5.31.